The molecular formula is C13H16N2O2S. The van der Waals surface area contributed by atoms with E-state index in [0.717, 1.165) is 12.8 Å². The van der Waals surface area contributed by atoms with Crippen molar-refractivity contribution in [3.8, 4) is 6.07 Å². The molecule has 18 heavy (non-hydrogen) atoms. The van der Waals surface area contributed by atoms with E-state index < -0.39 is 10.0 Å². The summed E-state index contributed by atoms with van der Waals surface area (Å²) in [6.45, 7) is 4.10. The van der Waals surface area contributed by atoms with Crippen LogP contribution in [-0.2, 0) is 10.0 Å². The number of hydrogen-bond donors (Lipinski definition) is 0. The third-order valence-electron chi connectivity index (χ3n) is 3.19. The van der Waals surface area contributed by atoms with E-state index in [2.05, 4.69) is 0 Å². The molecule has 0 aromatic heterocycles. The van der Waals surface area contributed by atoms with Crippen LogP contribution in [-0.4, -0.2) is 25.3 Å². The minimum Gasteiger partial charge on any atom is -0.207 e. The highest BCUT2D eigenvalue weighted by Gasteiger charge is 2.36. The van der Waals surface area contributed by atoms with Gasteiger partial charge >= 0.3 is 0 Å². The Balaban J connectivity index is 2.41. The molecule has 1 aromatic rings. The minimum absolute atomic E-state index is 0.163. The smallest absolute Gasteiger partial charge is 0.207 e. The molecule has 0 radical (unpaired) electrons. The maximum Gasteiger partial charge on any atom is 0.243 e. The van der Waals surface area contributed by atoms with Crippen LogP contribution in [0.4, 0.5) is 0 Å². The Kier molecular flexibility index (Phi) is 3.42. The van der Waals surface area contributed by atoms with Crippen molar-refractivity contribution in [3.63, 3.8) is 0 Å². The second kappa shape index (κ2) is 4.71. The summed E-state index contributed by atoms with van der Waals surface area (Å²) in [6.07, 6.45) is 1.89. The zero-order valence-corrected chi connectivity index (χ0v) is 11.4. The third-order valence-corrected chi connectivity index (χ3v) is 5.21. The van der Waals surface area contributed by atoms with Crippen molar-refractivity contribution in [1.29, 1.82) is 5.26 Å². The van der Waals surface area contributed by atoms with E-state index in [4.69, 9.17) is 5.26 Å². The maximum atomic E-state index is 12.4. The van der Waals surface area contributed by atoms with Crippen molar-refractivity contribution in [1.82, 2.24) is 4.31 Å². The van der Waals surface area contributed by atoms with Crippen LogP contribution in [0.3, 0.4) is 0 Å². The molecule has 1 aromatic carbocycles. The molecule has 2 rings (SSSR count). The lowest BCUT2D eigenvalue weighted by molar-refractivity contribution is 0.421. The van der Waals surface area contributed by atoms with Gasteiger partial charge in [0.15, 0.2) is 0 Å². The van der Waals surface area contributed by atoms with Gasteiger partial charge in [0.25, 0.3) is 0 Å². The van der Waals surface area contributed by atoms with Crippen LogP contribution in [0.1, 0.15) is 30.9 Å². The van der Waals surface area contributed by atoms with Crippen LogP contribution in [0.25, 0.3) is 0 Å². The lowest BCUT2D eigenvalue weighted by Gasteiger charge is -2.20. The van der Waals surface area contributed by atoms with Crippen molar-refractivity contribution in [3.05, 3.63) is 29.3 Å². The van der Waals surface area contributed by atoms with Gasteiger partial charge < -0.3 is 0 Å². The molecule has 0 saturated heterocycles. The van der Waals surface area contributed by atoms with Crippen LogP contribution in [0, 0.1) is 18.3 Å². The molecule has 0 atom stereocenters. The largest absolute Gasteiger partial charge is 0.243 e. The third kappa shape index (κ3) is 2.26. The lowest BCUT2D eigenvalue weighted by atomic mass is 10.1. The Labute approximate surface area is 108 Å². The molecule has 0 heterocycles. The molecule has 1 aliphatic carbocycles. The Bertz CT molecular complexity index is 598. The van der Waals surface area contributed by atoms with Crippen LogP contribution in [0.2, 0.25) is 0 Å². The van der Waals surface area contributed by atoms with E-state index in [1.165, 1.54) is 6.07 Å². The lowest BCUT2D eigenvalue weighted by Crippen LogP contribution is -2.32. The molecule has 1 aliphatic rings. The molecule has 0 bridgehead atoms. The quantitative estimate of drug-likeness (QED) is 0.836. The van der Waals surface area contributed by atoms with Gasteiger partial charge in [0.1, 0.15) is 0 Å². The number of aryl methyl sites for hydroxylation is 1. The van der Waals surface area contributed by atoms with Crippen LogP contribution < -0.4 is 0 Å². The van der Waals surface area contributed by atoms with Gasteiger partial charge in [0.2, 0.25) is 10.0 Å². The minimum atomic E-state index is -3.41. The summed E-state index contributed by atoms with van der Waals surface area (Å²) >= 11 is 0. The maximum absolute atomic E-state index is 12.4. The Morgan fingerprint density at radius 3 is 2.56 bits per heavy atom. The molecule has 1 saturated carbocycles. The summed E-state index contributed by atoms with van der Waals surface area (Å²) in [5, 5.41) is 8.86. The predicted octanol–water partition coefficient (Wildman–Crippen LogP) is 2.04. The summed E-state index contributed by atoms with van der Waals surface area (Å²) < 4.78 is 26.4. The van der Waals surface area contributed by atoms with E-state index in [0.29, 0.717) is 17.7 Å². The Morgan fingerprint density at radius 2 is 2.11 bits per heavy atom. The number of benzene rings is 1. The number of rotatable bonds is 4. The fraction of sp³-hybridized carbons (Fsp3) is 0.462. The zero-order valence-electron chi connectivity index (χ0n) is 10.5. The van der Waals surface area contributed by atoms with E-state index in [-0.39, 0.29) is 10.9 Å². The van der Waals surface area contributed by atoms with E-state index in [1.807, 2.05) is 13.0 Å². The zero-order chi connectivity index (χ0) is 13.3. The molecule has 0 N–H and O–H groups in total. The summed E-state index contributed by atoms with van der Waals surface area (Å²) in [4.78, 5) is 0.285. The van der Waals surface area contributed by atoms with Gasteiger partial charge in [-0.25, -0.2) is 8.42 Å². The van der Waals surface area contributed by atoms with Gasteiger partial charge in [-0.3, -0.25) is 0 Å². The summed E-state index contributed by atoms with van der Waals surface area (Å²) in [5.41, 5.74) is 1.22. The first-order valence-electron chi connectivity index (χ1n) is 6.03. The fourth-order valence-electron chi connectivity index (χ4n) is 2.04. The molecule has 0 amide bonds. The molecule has 5 heteroatoms. The molecule has 0 spiro atoms. The highest BCUT2D eigenvalue weighted by atomic mass is 32.2. The van der Waals surface area contributed by atoms with Crippen LogP contribution in [0.5, 0.6) is 0 Å². The SMILES string of the molecule is CCN(C1CC1)S(=O)(=O)c1ccc(C#N)c(C)c1. The fourth-order valence-corrected chi connectivity index (χ4v) is 3.82. The Hall–Kier alpha value is -1.38. The first kappa shape index (κ1) is 13.1. The molecule has 0 unspecified atom stereocenters. The van der Waals surface area contributed by atoms with Crippen molar-refractivity contribution in [2.45, 2.75) is 37.6 Å². The van der Waals surface area contributed by atoms with Gasteiger partial charge in [0, 0.05) is 12.6 Å². The molecule has 96 valence electrons. The molecular weight excluding hydrogens is 248 g/mol. The van der Waals surface area contributed by atoms with E-state index >= 15 is 0 Å². The van der Waals surface area contributed by atoms with Crippen LogP contribution in [0.15, 0.2) is 23.1 Å². The van der Waals surface area contributed by atoms with Crippen molar-refractivity contribution in [2.24, 2.45) is 0 Å². The number of nitriles is 1. The standard InChI is InChI=1S/C13H16N2O2S/c1-3-15(12-5-6-12)18(16,17)13-7-4-11(9-14)10(2)8-13/h4,7-8,12H,3,5-6H2,1-2H3. The summed E-state index contributed by atoms with van der Waals surface area (Å²) in [7, 11) is -3.41. The van der Waals surface area contributed by atoms with Gasteiger partial charge in [0.05, 0.1) is 16.5 Å². The average Bonchev–Trinajstić information content (AvgIpc) is 3.14. The second-order valence-electron chi connectivity index (χ2n) is 4.53. The van der Waals surface area contributed by atoms with Crippen molar-refractivity contribution < 1.29 is 8.42 Å². The van der Waals surface area contributed by atoms with Crippen LogP contribution >= 0.6 is 0 Å². The van der Waals surface area contributed by atoms with Gasteiger partial charge in [-0.05, 0) is 43.5 Å². The van der Waals surface area contributed by atoms with E-state index in [1.54, 1.807) is 23.4 Å². The summed E-state index contributed by atoms with van der Waals surface area (Å²) in [6, 6.07) is 6.88. The normalized spacial score (nSPS) is 15.7. The summed E-state index contributed by atoms with van der Waals surface area (Å²) in [5.74, 6) is 0. The number of hydrogen-bond acceptors (Lipinski definition) is 3. The van der Waals surface area contributed by atoms with Crippen molar-refractivity contribution in [2.75, 3.05) is 6.54 Å². The predicted molar refractivity (Wildman–Crippen MR) is 68.5 cm³/mol. The van der Waals surface area contributed by atoms with Gasteiger partial charge in [-0.15, -0.1) is 0 Å². The van der Waals surface area contributed by atoms with Gasteiger partial charge in [-0.2, -0.15) is 9.57 Å². The topological polar surface area (TPSA) is 61.2 Å². The second-order valence-corrected chi connectivity index (χ2v) is 6.42. The van der Waals surface area contributed by atoms with Crippen molar-refractivity contribution >= 4 is 10.0 Å². The first-order valence-corrected chi connectivity index (χ1v) is 7.47. The van der Waals surface area contributed by atoms with Gasteiger partial charge in [-0.1, -0.05) is 6.92 Å². The highest BCUT2D eigenvalue weighted by molar-refractivity contribution is 7.89. The number of nitrogens with zero attached hydrogens (tertiary/aromatic N) is 2. The highest BCUT2D eigenvalue weighted by Crippen LogP contribution is 2.32. The molecule has 4 nitrogen and oxygen atoms in total. The average molecular weight is 264 g/mol. The molecule has 0 aliphatic heterocycles. The first-order chi connectivity index (χ1) is 8.50. The Morgan fingerprint density at radius 1 is 1.44 bits per heavy atom. The van der Waals surface area contributed by atoms with E-state index in [9.17, 15) is 8.42 Å². The monoisotopic (exact) mass is 264 g/mol. The molecule has 1 fully saturated rings. The number of sulfonamides is 1.